The maximum atomic E-state index is 13.8. The second-order valence-electron chi connectivity index (χ2n) is 4.36. The number of hydrogen-bond donors (Lipinski definition) is 0. The van der Waals surface area contributed by atoms with Gasteiger partial charge in [-0.05, 0) is 18.2 Å². The van der Waals surface area contributed by atoms with Gasteiger partial charge in [0.25, 0.3) is 0 Å². The van der Waals surface area contributed by atoms with E-state index in [1.807, 2.05) is 16.7 Å². The van der Waals surface area contributed by atoms with E-state index in [-0.39, 0.29) is 5.82 Å². The lowest BCUT2D eigenvalue weighted by Crippen LogP contribution is -2.07. The van der Waals surface area contributed by atoms with Crippen molar-refractivity contribution in [3.8, 4) is 0 Å². The van der Waals surface area contributed by atoms with Gasteiger partial charge in [-0.25, -0.2) is 19.3 Å². The van der Waals surface area contributed by atoms with Crippen LogP contribution >= 0.6 is 11.6 Å². The number of nitrogens with zero attached hydrogens (tertiary/aromatic N) is 4. The van der Waals surface area contributed by atoms with Gasteiger partial charge < -0.3 is 4.57 Å². The minimum Gasteiger partial charge on any atom is -0.322 e. The van der Waals surface area contributed by atoms with Crippen LogP contribution < -0.4 is 0 Å². The second-order valence-corrected chi connectivity index (χ2v) is 4.74. The van der Waals surface area contributed by atoms with Crippen LogP contribution in [0.25, 0.3) is 11.0 Å². The van der Waals surface area contributed by atoms with Crippen molar-refractivity contribution in [1.29, 1.82) is 0 Å². The molecule has 0 fully saturated rings. The average Bonchev–Trinajstić information content (AvgIpc) is 2.81. The molecule has 2 aromatic heterocycles. The predicted molar refractivity (Wildman–Crippen MR) is 75.2 cm³/mol. The van der Waals surface area contributed by atoms with E-state index in [9.17, 15) is 4.39 Å². The molecule has 0 amide bonds. The number of alkyl halides is 1. The molecule has 0 radical (unpaired) electrons. The minimum atomic E-state index is -0.320. The van der Waals surface area contributed by atoms with Crippen molar-refractivity contribution < 1.29 is 4.39 Å². The molecule has 0 bridgehead atoms. The normalized spacial score (nSPS) is 11.1. The summed E-state index contributed by atoms with van der Waals surface area (Å²) in [6, 6.07) is 6.77. The van der Waals surface area contributed by atoms with E-state index in [2.05, 4.69) is 15.0 Å². The molecular formula is C14H12ClFN4. The Labute approximate surface area is 120 Å². The van der Waals surface area contributed by atoms with Crippen LogP contribution in [0.5, 0.6) is 0 Å². The highest BCUT2D eigenvalue weighted by Crippen LogP contribution is 2.20. The van der Waals surface area contributed by atoms with Gasteiger partial charge in [0.1, 0.15) is 17.7 Å². The maximum Gasteiger partial charge on any atom is 0.151 e. The molecule has 0 aliphatic heterocycles. The first kappa shape index (κ1) is 13.0. The molecule has 0 aliphatic rings. The number of para-hydroxylation sites is 1. The lowest BCUT2D eigenvalue weighted by atomic mass is 10.3. The van der Waals surface area contributed by atoms with Crippen LogP contribution in [0, 0.1) is 5.82 Å². The second kappa shape index (κ2) is 5.54. The zero-order valence-electron chi connectivity index (χ0n) is 10.6. The molecule has 3 rings (SSSR count). The van der Waals surface area contributed by atoms with Gasteiger partial charge in [-0.1, -0.05) is 6.07 Å². The van der Waals surface area contributed by atoms with Gasteiger partial charge in [-0.2, -0.15) is 0 Å². The number of halogens is 2. The van der Waals surface area contributed by atoms with E-state index in [1.165, 1.54) is 12.4 Å². The molecule has 0 atom stereocenters. The summed E-state index contributed by atoms with van der Waals surface area (Å²) in [7, 11) is 0. The molecule has 2 heterocycles. The number of imidazole rings is 1. The maximum absolute atomic E-state index is 13.8. The number of aromatic nitrogens is 4. The molecule has 0 unspecified atom stereocenters. The van der Waals surface area contributed by atoms with E-state index in [0.29, 0.717) is 24.4 Å². The van der Waals surface area contributed by atoms with Crippen LogP contribution in [0.2, 0.25) is 0 Å². The van der Waals surface area contributed by atoms with Crippen LogP contribution in [0.15, 0.2) is 36.8 Å². The van der Waals surface area contributed by atoms with Gasteiger partial charge in [0, 0.05) is 18.5 Å². The molecule has 0 spiro atoms. The fraction of sp³-hybridized carbons (Fsp3) is 0.214. The summed E-state index contributed by atoms with van der Waals surface area (Å²) in [6.45, 7) is 0.523. The third kappa shape index (κ3) is 2.36. The number of aryl methyl sites for hydroxylation is 1. The van der Waals surface area contributed by atoms with E-state index < -0.39 is 0 Å². The van der Waals surface area contributed by atoms with Gasteiger partial charge in [0.15, 0.2) is 5.82 Å². The molecule has 3 aromatic rings. The summed E-state index contributed by atoms with van der Waals surface area (Å²) in [6.07, 6.45) is 3.76. The Morgan fingerprint density at radius 2 is 2.15 bits per heavy atom. The molecule has 0 saturated carbocycles. The third-order valence-corrected chi connectivity index (χ3v) is 3.28. The van der Waals surface area contributed by atoms with Crippen LogP contribution in [-0.2, 0) is 13.0 Å². The third-order valence-electron chi connectivity index (χ3n) is 3.09. The zero-order valence-corrected chi connectivity index (χ0v) is 11.4. The van der Waals surface area contributed by atoms with Crippen LogP contribution in [-0.4, -0.2) is 25.4 Å². The van der Waals surface area contributed by atoms with Gasteiger partial charge in [-0.15, -0.1) is 11.6 Å². The molecule has 4 nitrogen and oxygen atoms in total. The summed E-state index contributed by atoms with van der Waals surface area (Å²) in [5.74, 6) is 0.882. The van der Waals surface area contributed by atoms with Crippen molar-refractivity contribution >= 4 is 22.6 Å². The smallest absolute Gasteiger partial charge is 0.151 e. The topological polar surface area (TPSA) is 43.6 Å². The monoisotopic (exact) mass is 290 g/mol. The highest BCUT2D eigenvalue weighted by Gasteiger charge is 2.13. The lowest BCUT2D eigenvalue weighted by Gasteiger charge is -2.07. The fourth-order valence-corrected chi connectivity index (χ4v) is 2.36. The van der Waals surface area contributed by atoms with E-state index >= 15 is 0 Å². The molecule has 0 aliphatic carbocycles. The molecule has 6 heteroatoms. The summed E-state index contributed by atoms with van der Waals surface area (Å²) in [4.78, 5) is 12.4. The van der Waals surface area contributed by atoms with E-state index in [1.54, 1.807) is 12.3 Å². The lowest BCUT2D eigenvalue weighted by molar-refractivity contribution is 0.637. The fourth-order valence-electron chi connectivity index (χ4n) is 2.19. The SMILES string of the molecule is Fc1cccc2c1nc(CCCl)n2Cc1ccncn1. The summed E-state index contributed by atoms with van der Waals surface area (Å²) < 4.78 is 15.8. The van der Waals surface area contributed by atoms with Gasteiger partial charge >= 0.3 is 0 Å². The van der Waals surface area contributed by atoms with Crippen molar-refractivity contribution in [2.75, 3.05) is 5.88 Å². The summed E-state index contributed by atoms with van der Waals surface area (Å²) in [5.41, 5.74) is 1.98. The van der Waals surface area contributed by atoms with Crippen molar-refractivity contribution in [1.82, 2.24) is 19.5 Å². The highest BCUT2D eigenvalue weighted by atomic mass is 35.5. The predicted octanol–water partition coefficient (Wildman–Crippen LogP) is 2.80. The molecule has 1 aromatic carbocycles. The molecular weight excluding hydrogens is 279 g/mol. The molecule has 0 N–H and O–H groups in total. The van der Waals surface area contributed by atoms with Crippen molar-refractivity contribution in [2.45, 2.75) is 13.0 Å². The largest absolute Gasteiger partial charge is 0.322 e. The van der Waals surface area contributed by atoms with Crippen molar-refractivity contribution in [3.63, 3.8) is 0 Å². The number of rotatable bonds is 4. The number of fused-ring (bicyclic) bond motifs is 1. The summed E-state index contributed by atoms with van der Waals surface area (Å²) in [5, 5.41) is 0. The highest BCUT2D eigenvalue weighted by molar-refractivity contribution is 6.17. The Balaban J connectivity index is 2.12. The molecule has 20 heavy (non-hydrogen) atoms. The quantitative estimate of drug-likeness (QED) is 0.694. The van der Waals surface area contributed by atoms with E-state index in [0.717, 1.165) is 17.0 Å². The van der Waals surface area contributed by atoms with Crippen LogP contribution in [0.3, 0.4) is 0 Å². The Kier molecular flexibility index (Phi) is 3.60. The van der Waals surface area contributed by atoms with Gasteiger partial charge in [-0.3, -0.25) is 0 Å². The van der Waals surface area contributed by atoms with Crippen LogP contribution in [0.1, 0.15) is 11.5 Å². The molecule has 0 saturated heterocycles. The first-order valence-corrected chi connectivity index (χ1v) is 6.77. The number of hydrogen-bond acceptors (Lipinski definition) is 3. The Hall–Kier alpha value is -2.01. The number of benzene rings is 1. The zero-order chi connectivity index (χ0) is 13.9. The Morgan fingerprint density at radius 1 is 1.25 bits per heavy atom. The Bertz CT molecular complexity index is 727. The minimum absolute atomic E-state index is 0.320. The van der Waals surface area contributed by atoms with Crippen LogP contribution in [0.4, 0.5) is 4.39 Å². The molecule has 102 valence electrons. The average molecular weight is 291 g/mol. The van der Waals surface area contributed by atoms with E-state index in [4.69, 9.17) is 11.6 Å². The van der Waals surface area contributed by atoms with Gasteiger partial charge in [0.05, 0.1) is 17.8 Å². The summed E-state index contributed by atoms with van der Waals surface area (Å²) >= 11 is 5.81. The van der Waals surface area contributed by atoms with Gasteiger partial charge in [0.2, 0.25) is 0 Å². The first-order chi connectivity index (χ1) is 9.79. The first-order valence-electron chi connectivity index (χ1n) is 6.24. The van der Waals surface area contributed by atoms with Crippen molar-refractivity contribution in [3.05, 3.63) is 54.1 Å². The van der Waals surface area contributed by atoms with Crippen molar-refractivity contribution in [2.24, 2.45) is 0 Å². The Morgan fingerprint density at radius 3 is 2.90 bits per heavy atom. The standard InChI is InChI=1S/C14H12ClFN4/c15-6-4-13-19-14-11(16)2-1-3-12(14)20(13)8-10-5-7-17-9-18-10/h1-3,5,7,9H,4,6,8H2.